The zero-order valence-corrected chi connectivity index (χ0v) is 19.8. The van der Waals surface area contributed by atoms with Crippen molar-refractivity contribution >= 4 is 13.9 Å². The van der Waals surface area contributed by atoms with Crippen LogP contribution in [0.3, 0.4) is 0 Å². The molecular weight excluding hydrogens is 429 g/mol. The zero-order chi connectivity index (χ0) is 23.2. The van der Waals surface area contributed by atoms with Crippen LogP contribution in [0.2, 0.25) is 0 Å². The number of para-hydroxylation sites is 2. The molecule has 7 nitrogen and oxygen atoms in total. The highest BCUT2D eigenvalue weighted by Crippen LogP contribution is 2.52. The molecule has 0 radical (unpaired) electrons. The molecule has 172 valence electrons. The SMILES string of the molecule is CCC1CC=C(OP(=O)(Oc2ccccc2)Oc2ccccc2)N(C(=O)OC(C)(C)C)C1. The van der Waals surface area contributed by atoms with Crippen molar-refractivity contribution in [2.45, 2.75) is 46.1 Å². The van der Waals surface area contributed by atoms with Crippen LogP contribution in [0, 0.1) is 5.92 Å². The third-order valence-electron chi connectivity index (χ3n) is 4.65. The molecule has 0 saturated heterocycles. The number of nitrogens with zero attached hydrogens (tertiary/aromatic N) is 1. The summed E-state index contributed by atoms with van der Waals surface area (Å²) >= 11 is 0. The lowest BCUT2D eigenvalue weighted by molar-refractivity contribution is 0.0174. The Balaban J connectivity index is 1.90. The van der Waals surface area contributed by atoms with Gasteiger partial charge < -0.3 is 18.3 Å². The maximum Gasteiger partial charge on any atom is 0.648 e. The Morgan fingerprint density at radius 1 is 0.969 bits per heavy atom. The molecule has 0 saturated carbocycles. The van der Waals surface area contributed by atoms with Gasteiger partial charge in [-0.3, -0.25) is 0 Å². The first-order chi connectivity index (χ1) is 15.2. The Labute approximate surface area is 189 Å². The van der Waals surface area contributed by atoms with Crippen LogP contribution in [0.15, 0.2) is 72.6 Å². The normalized spacial score (nSPS) is 16.7. The Morgan fingerprint density at radius 3 is 1.97 bits per heavy atom. The lowest BCUT2D eigenvalue weighted by atomic mass is 9.99. The van der Waals surface area contributed by atoms with Crippen LogP contribution in [0.5, 0.6) is 11.5 Å². The van der Waals surface area contributed by atoms with E-state index in [1.165, 1.54) is 4.90 Å². The topological polar surface area (TPSA) is 74.3 Å². The number of carbonyl (C=O) groups is 1. The minimum atomic E-state index is -4.21. The van der Waals surface area contributed by atoms with Crippen LogP contribution in [0.25, 0.3) is 0 Å². The van der Waals surface area contributed by atoms with Gasteiger partial charge >= 0.3 is 13.9 Å². The van der Waals surface area contributed by atoms with Crippen LogP contribution >= 0.6 is 7.82 Å². The molecule has 8 heteroatoms. The van der Waals surface area contributed by atoms with Crippen molar-refractivity contribution < 1.29 is 27.7 Å². The molecule has 3 rings (SSSR count). The van der Waals surface area contributed by atoms with Crippen LogP contribution in [-0.2, 0) is 13.8 Å². The first-order valence-electron chi connectivity index (χ1n) is 10.7. The van der Waals surface area contributed by atoms with Gasteiger partial charge in [-0.15, -0.1) is 0 Å². The van der Waals surface area contributed by atoms with Gasteiger partial charge in [0, 0.05) is 6.54 Å². The summed E-state index contributed by atoms with van der Waals surface area (Å²) in [6.45, 7) is 7.81. The molecule has 0 aliphatic carbocycles. The average Bonchev–Trinajstić information content (AvgIpc) is 2.74. The minimum absolute atomic E-state index is 0.0964. The molecular formula is C24H30NO6P. The second kappa shape index (κ2) is 10.1. The molecule has 32 heavy (non-hydrogen) atoms. The van der Waals surface area contributed by atoms with E-state index in [1.807, 2.05) is 12.1 Å². The Hall–Kier alpha value is -2.92. The number of ether oxygens (including phenoxy) is 1. The number of hydrogen-bond acceptors (Lipinski definition) is 6. The molecule has 1 unspecified atom stereocenters. The van der Waals surface area contributed by atoms with Gasteiger partial charge in [-0.2, -0.15) is 4.57 Å². The highest BCUT2D eigenvalue weighted by Gasteiger charge is 2.39. The lowest BCUT2D eigenvalue weighted by Crippen LogP contribution is -2.41. The van der Waals surface area contributed by atoms with E-state index in [0.29, 0.717) is 24.5 Å². The molecule has 1 aliphatic rings. The predicted molar refractivity (Wildman–Crippen MR) is 122 cm³/mol. The van der Waals surface area contributed by atoms with E-state index < -0.39 is 19.5 Å². The van der Waals surface area contributed by atoms with Crippen molar-refractivity contribution in [2.75, 3.05) is 6.54 Å². The fourth-order valence-corrected chi connectivity index (χ4v) is 4.33. The maximum absolute atomic E-state index is 13.7. The van der Waals surface area contributed by atoms with E-state index in [-0.39, 0.29) is 11.8 Å². The van der Waals surface area contributed by atoms with Gasteiger partial charge in [-0.25, -0.2) is 9.69 Å². The molecule has 1 aliphatic heterocycles. The second-order valence-electron chi connectivity index (χ2n) is 8.49. The number of benzene rings is 2. The Kier molecular flexibility index (Phi) is 7.52. The molecule has 1 heterocycles. The molecule has 0 aromatic heterocycles. The quantitative estimate of drug-likeness (QED) is 0.425. The standard InChI is InChI=1S/C24H30NO6P/c1-5-19-16-17-22(25(18-19)23(26)28-24(2,3)4)31-32(27,29-20-12-8-6-9-13-20)30-21-14-10-7-11-15-21/h6-15,17,19H,5,16,18H2,1-4H3. The first-order valence-corrected chi connectivity index (χ1v) is 12.1. The summed E-state index contributed by atoms with van der Waals surface area (Å²) in [7, 11) is -4.21. The van der Waals surface area contributed by atoms with Gasteiger partial charge in [0.15, 0.2) is 0 Å². The van der Waals surface area contributed by atoms with Crippen LogP contribution < -0.4 is 9.05 Å². The monoisotopic (exact) mass is 459 g/mol. The number of phosphoric ester groups is 1. The predicted octanol–water partition coefficient (Wildman–Crippen LogP) is 6.78. The van der Waals surface area contributed by atoms with Gasteiger partial charge in [0.2, 0.25) is 5.88 Å². The fourth-order valence-electron chi connectivity index (χ4n) is 3.06. The summed E-state index contributed by atoms with van der Waals surface area (Å²) in [6.07, 6.45) is 2.70. The number of carbonyl (C=O) groups excluding carboxylic acids is 1. The van der Waals surface area contributed by atoms with Gasteiger partial charge in [0.25, 0.3) is 0 Å². The highest BCUT2D eigenvalue weighted by atomic mass is 31.2. The Morgan fingerprint density at radius 2 is 1.50 bits per heavy atom. The molecule has 0 bridgehead atoms. The molecule has 2 aromatic carbocycles. The van der Waals surface area contributed by atoms with Crippen LogP contribution in [0.1, 0.15) is 40.5 Å². The summed E-state index contributed by atoms with van der Waals surface area (Å²) in [6, 6.07) is 17.2. The van der Waals surface area contributed by atoms with E-state index in [2.05, 4.69) is 6.92 Å². The molecule has 0 N–H and O–H groups in total. The zero-order valence-electron chi connectivity index (χ0n) is 18.9. The number of amides is 1. The van der Waals surface area contributed by atoms with Crippen LogP contribution in [0.4, 0.5) is 4.79 Å². The van der Waals surface area contributed by atoms with Crippen molar-refractivity contribution in [2.24, 2.45) is 5.92 Å². The van der Waals surface area contributed by atoms with Gasteiger partial charge in [0.05, 0.1) is 0 Å². The largest absolute Gasteiger partial charge is 0.648 e. The van der Waals surface area contributed by atoms with Gasteiger partial charge in [-0.1, -0.05) is 49.7 Å². The molecule has 1 amide bonds. The third kappa shape index (κ3) is 6.79. The molecule has 0 spiro atoms. The first kappa shape index (κ1) is 23.7. The summed E-state index contributed by atoms with van der Waals surface area (Å²) in [5.41, 5.74) is -0.688. The number of allylic oxidation sites excluding steroid dienone is 1. The highest BCUT2D eigenvalue weighted by molar-refractivity contribution is 7.49. The maximum atomic E-state index is 13.7. The Bertz CT molecular complexity index is 925. The van der Waals surface area contributed by atoms with Crippen molar-refractivity contribution in [1.82, 2.24) is 4.90 Å². The van der Waals surface area contributed by atoms with Gasteiger partial charge in [0.1, 0.15) is 17.1 Å². The van der Waals surface area contributed by atoms with Crippen molar-refractivity contribution in [3.8, 4) is 11.5 Å². The average molecular weight is 459 g/mol. The summed E-state index contributed by atoms with van der Waals surface area (Å²) in [5.74, 6) is 0.968. The smallest absolute Gasteiger partial charge is 0.443 e. The van der Waals surface area contributed by atoms with E-state index in [9.17, 15) is 9.36 Å². The van der Waals surface area contributed by atoms with Crippen molar-refractivity contribution in [1.29, 1.82) is 0 Å². The van der Waals surface area contributed by atoms with E-state index in [4.69, 9.17) is 18.3 Å². The molecule has 0 fully saturated rings. The van der Waals surface area contributed by atoms with E-state index >= 15 is 0 Å². The summed E-state index contributed by atoms with van der Waals surface area (Å²) < 4.78 is 36.5. The number of hydrogen-bond donors (Lipinski definition) is 0. The fraction of sp³-hybridized carbons (Fsp3) is 0.375. The lowest BCUT2D eigenvalue weighted by Gasteiger charge is -2.34. The second-order valence-corrected chi connectivity index (χ2v) is 9.93. The number of phosphoric acid groups is 1. The van der Waals surface area contributed by atoms with Crippen molar-refractivity contribution in [3.05, 3.63) is 72.6 Å². The van der Waals surface area contributed by atoms with Crippen molar-refractivity contribution in [3.63, 3.8) is 0 Å². The minimum Gasteiger partial charge on any atom is -0.443 e. The van der Waals surface area contributed by atoms with E-state index in [1.54, 1.807) is 75.4 Å². The number of rotatable bonds is 7. The molecule has 1 atom stereocenters. The summed E-state index contributed by atoms with van der Waals surface area (Å²) in [4.78, 5) is 14.3. The third-order valence-corrected chi connectivity index (χ3v) is 5.93. The summed E-state index contributed by atoms with van der Waals surface area (Å²) in [5, 5.41) is 0. The van der Waals surface area contributed by atoms with Crippen LogP contribution in [-0.4, -0.2) is 23.1 Å². The van der Waals surface area contributed by atoms with Gasteiger partial charge in [-0.05, 0) is 63.5 Å². The van der Waals surface area contributed by atoms with E-state index in [0.717, 1.165) is 6.42 Å². The molecule has 2 aromatic rings.